The average Bonchev–Trinajstić information content (AvgIpc) is 2.88. The van der Waals surface area contributed by atoms with Crippen molar-refractivity contribution in [3.05, 3.63) is 48.0 Å². The van der Waals surface area contributed by atoms with Gasteiger partial charge in [-0.2, -0.15) is 5.10 Å². The Morgan fingerprint density at radius 2 is 2.05 bits per heavy atom. The first-order chi connectivity index (χ1) is 9.40. The van der Waals surface area contributed by atoms with Gasteiger partial charge < -0.3 is 5.32 Å². The summed E-state index contributed by atoms with van der Waals surface area (Å²) in [6.07, 6.45) is 4.99. The lowest BCUT2D eigenvalue weighted by Gasteiger charge is -2.06. The fourth-order valence-corrected chi connectivity index (χ4v) is 2.09. The van der Waals surface area contributed by atoms with Gasteiger partial charge in [-0.1, -0.05) is 37.3 Å². The molecule has 2 aromatic rings. The third kappa shape index (κ3) is 4.48. The molecule has 0 atom stereocenters. The highest BCUT2D eigenvalue weighted by molar-refractivity contribution is 5.14. The molecule has 4 heteroatoms. The van der Waals surface area contributed by atoms with E-state index in [-0.39, 0.29) is 0 Å². The van der Waals surface area contributed by atoms with Crippen LogP contribution in [0.5, 0.6) is 0 Å². The highest BCUT2D eigenvalue weighted by Gasteiger charge is 2.02. The first kappa shape index (κ1) is 13.7. The van der Waals surface area contributed by atoms with Crippen LogP contribution in [-0.2, 0) is 19.5 Å². The molecule has 1 heterocycles. The van der Waals surface area contributed by atoms with Crippen LogP contribution in [-0.4, -0.2) is 21.3 Å². The highest BCUT2D eigenvalue weighted by Crippen LogP contribution is 2.02. The molecule has 1 aromatic carbocycles. The number of aromatic nitrogens is 3. The van der Waals surface area contributed by atoms with E-state index in [9.17, 15) is 0 Å². The molecule has 0 aliphatic heterocycles. The van der Waals surface area contributed by atoms with Crippen molar-refractivity contribution in [3.63, 3.8) is 0 Å². The summed E-state index contributed by atoms with van der Waals surface area (Å²) in [4.78, 5) is 4.28. The van der Waals surface area contributed by atoms with E-state index in [1.807, 2.05) is 4.68 Å². The van der Waals surface area contributed by atoms with Gasteiger partial charge in [-0.05, 0) is 31.4 Å². The summed E-state index contributed by atoms with van der Waals surface area (Å²) in [5.41, 5.74) is 1.40. The van der Waals surface area contributed by atoms with Gasteiger partial charge >= 0.3 is 0 Å². The smallest absolute Gasteiger partial charge is 0.140 e. The summed E-state index contributed by atoms with van der Waals surface area (Å²) >= 11 is 0. The van der Waals surface area contributed by atoms with Gasteiger partial charge in [0.25, 0.3) is 0 Å². The quantitative estimate of drug-likeness (QED) is 0.739. The number of rotatable bonds is 8. The van der Waals surface area contributed by atoms with Crippen molar-refractivity contribution in [1.29, 1.82) is 0 Å². The molecule has 0 saturated carbocycles. The maximum atomic E-state index is 4.28. The second kappa shape index (κ2) is 7.69. The van der Waals surface area contributed by atoms with E-state index < -0.39 is 0 Å². The molecule has 0 aliphatic rings. The maximum Gasteiger partial charge on any atom is 0.140 e. The minimum atomic E-state index is 0.800. The van der Waals surface area contributed by atoms with Crippen LogP contribution in [0.4, 0.5) is 0 Å². The van der Waals surface area contributed by atoms with Gasteiger partial charge in [0.2, 0.25) is 0 Å². The Kier molecular flexibility index (Phi) is 5.56. The largest absolute Gasteiger partial charge is 0.310 e. The van der Waals surface area contributed by atoms with Crippen molar-refractivity contribution in [1.82, 2.24) is 20.1 Å². The molecule has 0 bridgehead atoms. The zero-order chi connectivity index (χ0) is 13.3. The van der Waals surface area contributed by atoms with E-state index >= 15 is 0 Å². The minimum absolute atomic E-state index is 0.800. The predicted octanol–water partition coefficient (Wildman–Crippen LogP) is 2.41. The Hall–Kier alpha value is -1.68. The zero-order valence-corrected chi connectivity index (χ0v) is 11.5. The number of aryl methyl sites for hydroxylation is 2. The molecular weight excluding hydrogens is 236 g/mol. The van der Waals surface area contributed by atoms with Crippen LogP contribution in [0.2, 0.25) is 0 Å². The van der Waals surface area contributed by atoms with Crippen molar-refractivity contribution in [2.24, 2.45) is 0 Å². The standard InChI is InChI=1S/C15H22N4/c1-2-11-19-15(17-13-18-19)12-16-10-6-9-14-7-4-3-5-8-14/h3-5,7-8,13,16H,2,6,9-12H2,1H3. The topological polar surface area (TPSA) is 42.7 Å². The van der Waals surface area contributed by atoms with E-state index in [0.29, 0.717) is 0 Å². The first-order valence-electron chi connectivity index (χ1n) is 7.01. The van der Waals surface area contributed by atoms with Crippen LogP contribution in [0.15, 0.2) is 36.7 Å². The Balaban J connectivity index is 1.65. The van der Waals surface area contributed by atoms with Gasteiger partial charge in [-0.25, -0.2) is 9.67 Å². The average molecular weight is 258 g/mol. The maximum absolute atomic E-state index is 4.28. The van der Waals surface area contributed by atoms with E-state index in [1.165, 1.54) is 5.56 Å². The Morgan fingerprint density at radius 3 is 2.84 bits per heavy atom. The van der Waals surface area contributed by atoms with Crippen molar-refractivity contribution >= 4 is 0 Å². The fourth-order valence-electron chi connectivity index (χ4n) is 2.09. The zero-order valence-electron chi connectivity index (χ0n) is 11.5. The lowest BCUT2D eigenvalue weighted by Crippen LogP contribution is -2.19. The molecule has 0 radical (unpaired) electrons. The van der Waals surface area contributed by atoms with E-state index in [4.69, 9.17) is 0 Å². The van der Waals surface area contributed by atoms with E-state index in [0.717, 1.165) is 44.7 Å². The van der Waals surface area contributed by atoms with Crippen LogP contribution in [0.3, 0.4) is 0 Å². The summed E-state index contributed by atoms with van der Waals surface area (Å²) in [6.45, 7) is 4.91. The van der Waals surface area contributed by atoms with Gasteiger partial charge in [0, 0.05) is 6.54 Å². The van der Waals surface area contributed by atoms with E-state index in [2.05, 4.69) is 52.7 Å². The minimum Gasteiger partial charge on any atom is -0.310 e. The summed E-state index contributed by atoms with van der Waals surface area (Å²) in [6, 6.07) is 10.6. The monoisotopic (exact) mass is 258 g/mol. The molecule has 2 rings (SSSR count). The highest BCUT2D eigenvalue weighted by atomic mass is 15.3. The Morgan fingerprint density at radius 1 is 1.21 bits per heavy atom. The van der Waals surface area contributed by atoms with Crippen molar-refractivity contribution in [2.45, 2.75) is 39.3 Å². The SMILES string of the molecule is CCCn1ncnc1CNCCCc1ccccc1. The molecule has 0 spiro atoms. The number of hydrogen-bond donors (Lipinski definition) is 1. The summed E-state index contributed by atoms with van der Waals surface area (Å²) < 4.78 is 1.98. The van der Waals surface area contributed by atoms with Crippen LogP contribution >= 0.6 is 0 Å². The lowest BCUT2D eigenvalue weighted by molar-refractivity contribution is 0.538. The molecule has 0 amide bonds. The van der Waals surface area contributed by atoms with Crippen LogP contribution in [0, 0.1) is 0 Å². The number of nitrogens with one attached hydrogen (secondary N) is 1. The lowest BCUT2D eigenvalue weighted by atomic mass is 10.1. The third-order valence-corrected chi connectivity index (χ3v) is 3.08. The molecule has 1 N–H and O–H groups in total. The van der Waals surface area contributed by atoms with Crippen LogP contribution in [0.25, 0.3) is 0 Å². The second-order valence-electron chi connectivity index (χ2n) is 4.67. The molecule has 1 aromatic heterocycles. The van der Waals surface area contributed by atoms with Crippen molar-refractivity contribution in [2.75, 3.05) is 6.54 Å². The summed E-state index contributed by atoms with van der Waals surface area (Å²) in [7, 11) is 0. The Bertz CT molecular complexity index is 464. The van der Waals surface area contributed by atoms with Crippen LogP contribution < -0.4 is 5.32 Å². The Labute approximate surface area is 114 Å². The normalized spacial score (nSPS) is 10.8. The molecular formula is C15H22N4. The molecule has 19 heavy (non-hydrogen) atoms. The van der Waals surface area contributed by atoms with Gasteiger partial charge in [0.05, 0.1) is 6.54 Å². The van der Waals surface area contributed by atoms with Crippen LogP contribution in [0.1, 0.15) is 31.2 Å². The van der Waals surface area contributed by atoms with Crippen molar-refractivity contribution < 1.29 is 0 Å². The number of hydrogen-bond acceptors (Lipinski definition) is 3. The fraction of sp³-hybridized carbons (Fsp3) is 0.467. The molecule has 4 nitrogen and oxygen atoms in total. The molecule has 0 saturated heterocycles. The van der Waals surface area contributed by atoms with Gasteiger partial charge in [0.15, 0.2) is 0 Å². The molecule has 102 valence electrons. The van der Waals surface area contributed by atoms with Crippen molar-refractivity contribution in [3.8, 4) is 0 Å². The van der Waals surface area contributed by atoms with Gasteiger partial charge in [-0.15, -0.1) is 0 Å². The molecule has 0 aliphatic carbocycles. The van der Waals surface area contributed by atoms with Gasteiger partial charge in [-0.3, -0.25) is 0 Å². The molecule has 0 fully saturated rings. The second-order valence-corrected chi connectivity index (χ2v) is 4.67. The summed E-state index contributed by atoms with van der Waals surface area (Å²) in [5, 5.41) is 7.65. The molecule has 0 unspecified atom stereocenters. The third-order valence-electron chi connectivity index (χ3n) is 3.08. The predicted molar refractivity (Wildman–Crippen MR) is 76.8 cm³/mol. The first-order valence-corrected chi connectivity index (χ1v) is 7.01. The van der Waals surface area contributed by atoms with E-state index in [1.54, 1.807) is 6.33 Å². The van der Waals surface area contributed by atoms with Gasteiger partial charge in [0.1, 0.15) is 12.2 Å². The number of benzene rings is 1. The number of nitrogens with zero attached hydrogens (tertiary/aromatic N) is 3. The summed E-state index contributed by atoms with van der Waals surface area (Å²) in [5.74, 6) is 1.03.